The molecule has 1 aliphatic heterocycles. The lowest BCUT2D eigenvalue weighted by molar-refractivity contribution is -0.122. The fraction of sp³-hybridized carbons (Fsp3) is 0.409. The molecule has 0 saturated carbocycles. The zero-order chi connectivity index (χ0) is 20.5. The van der Waals surface area contributed by atoms with E-state index in [0.717, 1.165) is 30.8 Å². The second-order valence-electron chi connectivity index (χ2n) is 7.32. The number of phenolic OH excluding ortho intramolecular Hbond substituents is 1. The SMILES string of the molecule is CN(C)[C@H]1CCCCN(Cc2ccc(-c3ccc(O)c(F)c3)cc2)C1.O=CO. The van der Waals surface area contributed by atoms with Crippen molar-refractivity contribution >= 4 is 6.47 Å². The normalized spacial score (nSPS) is 17.5. The Hall–Kier alpha value is -2.44. The molecule has 1 saturated heterocycles. The molecule has 28 heavy (non-hydrogen) atoms. The summed E-state index contributed by atoms with van der Waals surface area (Å²) in [5, 5.41) is 16.2. The molecule has 0 bridgehead atoms. The van der Waals surface area contributed by atoms with Gasteiger partial charge in [-0.15, -0.1) is 0 Å². The van der Waals surface area contributed by atoms with Gasteiger partial charge in [-0.2, -0.15) is 0 Å². The van der Waals surface area contributed by atoms with Gasteiger partial charge in [0.25, 0.3) is 6.47 Å². The average molecular weight is 388 g/mol. The standard InChI is InChI=1S/C21H27FN2O.CH2O2/c1-23(2)19-5-3-4-12-24(15-19)14-16-6-8-17(9-7-16)18-10-11-21(25)20(22)13-18;2-1-3/h6-11,13,19,25H,3-5,12,14-15H2,1-2H3;1H,(H,2,3)/t19-;/m0./s1. The Morgan fingerprint density at radius 3 is 2.39 bits per heavy atom. The van der Waals surface area contributed by atoms with Crippen LogP contribution >= 0.6 is 0 Å². The zero-order valence-corrected chi connectivity index (χ0v) is 16.5. The topological polar surface area (TPSA) is 64.0 Å². The molecular weight excluding hydrogens is 359 g/mol. The molecular formula is C22H29FN2O3. The minimum Gasteiger partial charge on any atom is -0.505 e. The summed E-state index contributed by atoms with van der Waals surface area (Å²) >= 11 is 0. The number of nitrogens with zero attached hydrogens (tertiary/aromatic N) is 2. The van der Waals surface area contributed by atoms with E-state index in [4.69, 9.17) is 9.90 Å². The molecule has 1 heterocycles. The third-order valence-electron chi connectivity index (χ3n) is 5.10. The first kappa shape index (κ1) is 21.9. The third-order valence-corrected chi connectivity index (χ3v) is 5.10. The molecule has 152 valence electrons. The number of aromatic hydroxyl groups is 1. The maximum Gasteiger partial charge on any atom is 0.290 e. The fourth-order valence-electron chi connectivity index (χ4n) is 3.51. The Balaban J connectivity index is 0.000000878. The molecule has 0 radical (unpaired) electrons. The highest BCUT2D eigenvalue weighted by Gasteiger charge is 2.19. The minimum absolute atomic E-state index is 0.250. The van der Waals surface area contributed by atoms with Gasteiger partial charge in [0.05, 0.1) is 0 Å². The predicted octanol–water partition coefficient (Wildman–Crippen LogP) is 3.82. The number of carbonyl (C=O) groups is 1. The number of rotatable bonds is 4. The molecule has 0 spiro atoms. The van der Waals surface area contributed by atoms with Crippen molar-refractivity contribution in [3.05, 3.63) is 53.8 Å². The Morgan fingerprint density at radius 2 is 1.79 bits per heavy atom. The lowest BCUT2D eigenvalue weighted by atomic mass is 10.0. The van der Waals surface area contributed by atoms with Crippen LogP contribution in [0.15, 0.2) is 42.5 Å². The number of phenols is 1. The minimum atomic E-state index is -0.583. The van der Waals surface area contributed by atoms with Crippen LogP contribution in [0.2, 0.25) is 0 Å². The first-order chi connectivity index (χ1) is 13.4. The number of carboxylic acid groups (broad SMARTS) is 1. The summed E-state index contributed by atoms with van der Waals surface area (Å²) in [6, 6.07) is 13.4. The second kappa shape index (κ2) is 10.8. The van der Waals surface area contributed by atoms with E-state index in [-0.39, 0.29) is 12.2 Å². The molecule has 2 aromatic carbocycles. The Kier molecular flexibility index (Phi) is 8.42. The van der Waals surface area contributed by atoms with Crippen LogP contribution in [0.25, 0.3) is 11.1 Å². The van der Waals surface area contributed by atoms with Crippen LogP contribution < -0.4 is 0 Å². The largest absolute Gasteiger partial charge is 0.505 e. The summed E-state index contributed by atoms with van der Waals surface area (Å²) < 4.78 is 13.5. The highest BCUT2D eigenvalue weighted by molar-refractivity contribution is 5.64. The molecule has 5 nitrogen and oxygen atoms in total. The molecule has 0 amide bonds. The molecule has 0 aromatic heterocycles. The summed E-state index contributed by atoms with van der Waals surface area (Å²) in [5.74, 6) is -0.891. The molecule has 2 aromatic rings. The van der Waals surface area contributed by atoms with Crippen LogP contribution in [0.1, 0.15) is 24.8 Å². The smallest absolute Gasteiger partial charge is 0.290 e. The van der Waals surface area contributed by atoms with Crippen LogP contribution in [0, 0.1) is 5.82 Å². The van der Waals surface area contributed by atoms with Gasteiger partial charge in [-0.05, 0) is 62.3 Å². The van der Waals surface area contributed by atoms with Crippen molar-refractivity contribution in [2.75, 3.05) is 27.2 Å². The number of likely N-dealkylation sites (tertiary alicyclic amines) is 1. The van der Waals surface area contributed by atoms with Crippen LogP contribution in [-0.4, -0.2) is 59.7 Å². The summed E-state index contributed by atoms with van der Waals surface area (Å²) in [7, 11) is 4.33. The lowest BCUT2D eigenvalue weighted by Gasteiger charge is -2.28. The van der Waals surface area contributed by atoms with Crippen molar-refractivity contribution in [1.29, 1.82) is 0 Å². The first-order valence-corrected chi connectivity index (χ1v) is 9.49. The van der Waals surface area contributed by atoms with Crippen molar-refractivity contribution in [2.24, 2.45) is 0 Å². The molecule has 2 N–H and O–H groups in total. The van der Waals surface area contributed by atoms with Crippen LogP contribution in [-0.2, 0) is 11.3 Å². The van der Waals surface area contributed by atoms with Gasteiger partial charge in [0, 0.05) is 19.1 Å². The Bertz CT molecular complexity index is 750. The van der Waals surface area contributed by atoms with Crippen molar-refractivity contribution in [3.63, 3.8) is 0 Å². The zero-order valence-electron chi connectivity index (χ0n) is 16.5. The second-order valence-corrected chi connectivity index (χ2v) is 7.32. The van der Waals surface area contributed by atoms with Gasteiger partial charge in [0.1, 0.15) is 0 Å². The quantitative estimate of drug-likeness (QED) is 0.780. The van der Waals surface area contributed by atoms with E-state index in [2.05, 4.69) is 36.0 Å². The van der Waals surface area contributed by atoms with E-state index in [1.807, 2.05) is 12.1 Å². The summed E-state index contributed by atoms with van der Waals surface area (Å²) in [6.45, 7) is 2.96. The van der Waals surface area contributed by atoms with Gasteiger partial charge in [-0.3, -0.25) is 9.69 Å². The van der Waals surface area contributed by atoms with E-state index in [1.54, 1.807) is 6.07 Å². The van der Waals surface area contributed by atoms with Crippen molar-refractivity contribution in [1.82, 2.24) is 9.80 Å². The van der Waals surface area contributed by atoms with Gasteiger partial charge in [-0.1, -0.05) is 36.8 Å². The summed E-state index contributed by atoms with van der Waals surface area (Å²) in [4.78, 5) is 13.2. The highest BCUT2D eigenvalue weighted by atomic mass is 19.1. The van der Waals surface area contributed by atoms with Gasteiger partial charge >= 0.3 is 0 Å². The van der Waals surface area contributed by atoms with Gasteiger partial charge in [-0.25, -0.2) is 4.39 Å². The molecule has 1 atom stereocenters. The average Bonchev–Trinajstić information content (AvgIpc) is 2.91. The molecule has 1 aliphatic rings. The van der Waals surface area contributed by atoms with E-state index in [1.165, 1.54) is 37.0 Å². The first-order valence-electron chi connectivity index (χ1n) is 9.49. The molecule has 0 unspecified atom stereocenters. The number of halogens is 1. The van der Waals surface area contributed by atoms with Crippen LogP contribution in [0.5, 0.6) is 5.75 Å². The molecule has 0 aliphatic carbocycles. The Labute approximate surface area is 166 Å². The highest BCUT2D eigenvalue weighted by Crippen LogP contribution is 2.25. The van der Waals surface area contributed by atoms with Crippen molar-refractivity contribution in [3.8, 4) is 16.9 Å². The van der Waals surface area contributed by atoms with Gasteiger partial charge < -0.3 is 15.1 Å². The monoisotopic (exact) mass is 388 g/mol. The van der Waals surface area contributed by atoms with E-state index in [9.17, 15) is 9.50 Å². The maximum absolute atomic E-state index is 13.5. The Morgan fingerprint density at radius 1 is 1.14 bits per heavy atom. The fourth-order valence-corrected chi connectivity index (χ4v) is 3.51. The van der Waals surface area contributed by atoms with E-state index in [0.29, 0.717) is 6.04 Å². The molecule has 6 heteroatoms. The van der Waals surface area contributed by atoms with Gasteiger partial charge in [0.15, 0.2) is 11.6 Å². The van der Waals surface area contributed by atoms with Gasteiger partial charge in [0.2, 0.25) is 0 Å². The number of likely N-dealkylation sites (N-methyl/N-ethyl adjacent to an activating group) is 1. The summed E-state index contributed by atoms with van der Waals surface area (Å²) in [6.07, 6.45) is 3.83. The number of hydrogen-bond donors (Lipinski definition) is 2. The maximum atomic E-state index is 13.5. The molecule has 3 rings (SSSR count). The van der Waals surface area contributed by atoms with Crippen LogP contribution in [0.4, 0.5) is 4.39 Å². The van der Waals surface area contributed by atoms with E-state index < -0.39 is 5.82 Å². The van der Waals surface area contributed by atoms with Crippen molar-refractivity contribution in [2.45, 2.75) is 31.8 Å². The third kappa shape index (κ3) is 6.32. The van der Waals surface area contributed by atoms with Crippen molar-refractivity contribution < 1.29 is 19.4 Å². The number of hydrogen-bond acceptors (Lipinski definition) is 4. The number of benzene rings is 2. The van der Waals surface area contributed by atoms with Crippen LogP contribution in [0.3, 0.4) is 0 Å². The predicted molar refractivity (Wildman–Crippen MR) is 109 cm³/mol. The molecule has 1 fully saturated rings. The summed E-state index contributed by atoms with van der Waals surface area (Å²) in [5.41, 5.74) is 3.02. The van der Waals surface area contributed by atoms with E-state index >= 15 is 0 Å². The lowest BCUT2D eigenvalue weighted by Crippen LogP contribution is -2.38.